The van der Waals surface area contributed by atoms with Gasteiger partial charge in [0.25, 0.3) is 10.0 Å². The van der Waals surface area contributed by atoms with Crippen molar-refractivity contribution >= 4 is 27.5 Å². The maximum atomic E-state index is 14.1. The zero-order valence-electron chi connectivity index (χ0n) is 24.8. The lowest BCUT2D eigenvalue weighted by molar-refractivity contribution is -0.140. The molecule has 3 rings (SSSR count). The van der Waals surface area contributed by atoms with Crippen molar-refractivity contribution in [3.05, 3.63) is 89.7 Å². The van der Waals surface area contributed by atoms with Crippen LogP contribution in [0.1, 0.15) is 51.7 Å². The molecule has 0 aliphatic carbocycles. The van der Waals surface area contributed by atoms with Crippen LogP contribution in [0.4, 0.5) is 10.1 Å². The zero-order valence-corrected chi connectivity index (χ0v) is 25.7. The topological polar surface area (TPSA) is 96.0 Å². The van der Waals surface area contributed by atoms with Gasteiger partial charge in [0.05, 0.1) is 17.2 Å². The van der Waals surface area contributed by atoms with Gasteiger partial charge < -0.3 is 15.0 Å². The summed E-state index contributed by atoms with van der Waals surface area (Å²) < 4.78 is 48.1. The third-order valence-electron chi connectivity index (χ3n) is 6.98. The van der Waals surface area contributed by atoms with Crippen LogP contribution >= 0.6 is 0 Å². The molecule has 0 saturated carbocycles. The Morgan fingerprint density at radius 3 is 2.07 bits per heavy atom. The molecule has 0 aromatic heterocycles. The standard InChI is InChI=1S/C32H40FN3O5S/c1-6-24(5)34-32(38)30(7-2)35(21-25-11-9-23(4)10-12-25)31(37)22-36(27-15-13-26(33)14-16-27)42(39,40)29-19-17-28(18-20-29)41-8-3/h9-20,24,30H,6-8,21-22H2,1-5H3,(H,34,38)/t24-,30-/m1/s1. The van der Waals surface area contributed by atoms with E-state index in [2.05, 4.69) is 5.32 Å². The molecule has 0 radical (unpaired) electrons. The Kier molecular flexibility index (Phi) is 11.5. The molecule has 0 heterocycles. The molecular formula is C32H40FN3O5S. The van der Waals surface area contributed by atoms with Gasteiger partial charge in [0.15, 0.2) is 0 Å². The molecule has 0 bridgehead atoms. The molecule has 0 aliphatic rings. The van der Waals surface area contributed by atoms with E-state index in [4.69, 9.17) is 4.74 Å². The van der Waals surface area contributed by atoms with E-state index in [1.54, 1.807) is 0 Å². The highest BCUT2D eigenvalue weighted by atomic mass is 32.2. The van der Waals surface area contributed by atoms with Crippen molar-refractivity contribution in [2.75, 3.05) is 17.5 Å². The molecule has 0 unspecified atom stereocenters. The number of nitrogens with zero attached hydrogens (tertiary/aromatic N) is 2. The largest absolute Gasteiger partial charge is 0.494 e. The number of aryl methyl sites for hydroxylation is 1. The van der Waals surface area contributed by atoms with Crippen molar-refractivity contribution in [3.63, 3.8) is 0 Å². The first-order chi connectivity index (χ1) is 20.0. The van der Waals surface area contributed by atoms with Crippen LogP contribution in [0.25, 0.3) is 0 Å². The Bertz CT molecular complexity index is 1430. The van der Waals surface area contributed by atoms with Gasteiger partial charge in [-0.05, 0) is 87.7 Å². The van der Waals surface area contributed by atoms with Crippen molar-refractivity contribution in [1.29, 1.82) is 0 Å². The van der Waals surface area contributed by atoms with Crippen molar-refractivity contribution in [2.24, 2.45) is 0 Å². The molecule has 10 heteroatoms. The number of halogens is 1. The predicted octanol–water partition coefficient (Wildman–Crippen LogP) is 5.45. The van der Waals surface area contributed by atoms with Gasteiger partial charge in [-0.1, -0.05) is 43.7 Å². The van der Waals surface area contributed by atoms with Gasteiger partial charge in [0.2, 0.25) is 11.8 Å². The Labute approximate surface area is 248 Å². The summed E-state index contributed by atoms with van der Waals surface area (Å²) in [5.41, 5.74) is 1.96. The number of anilines is 1. The Balaban J connectivity index is 2.04. The van der Waals surface area contributed by atoms with Gasteiger partial charge in [0.1, 0.15) is 24.2 Å². The normalized spacial score (nSPS) is 12.7. The molecule has 42 heavy (non-hydrogen) atoms. The number of benzene rings is 3. The maximum Gasteiger partial charge on any atom is 0.264 e. The van der Waals surface area contributed by atoms with E-state index < -0.39 is 34.3 Å². The lowest BCUT2D eigenvalue weighted by atomic mass is 10.1. The summed E-state index contributed by atoms with van der Waals surface area (Å²) in [6.07, 6.45) is 1.04. The molecule has 1 N–H and O–H groups in total. The third kappa shape index (κ3) is 8.31. The number of carbonyl (C=O) groups is 2. The Hall–Kier alpha value is -3.92. The molecule has 3 aromatic rings. The number of sulfonamides is 1. The van der Waals surface area contributed by atoms with E-state index in [0.717, 1.165) is 27.6 Å². The molecule has 0 fully saturated rings. The van der Waals surface area contributed by atoms with Crippen molar-refractivity contribution in [3.8, 4) is 5.75 Å². The number of carbonyl (C=O) groups excluding carboxylic acids is 2. The average Bonchev–Trinajstić information content (AvgIpc) is 2.97. The maximum absolute atomic E-state index is 14.1. The van der Waals surface area contributed by atoms with E-state index in [0.29, 0.717) is 25.2 Å². The summed E-state index contributed by atoms with van der Waals surface area (Å²) in [5, 5.41) is 2.96. The van der Waals surface area contributed by atoms with Crippen LogP contribution in [0.15, 0.2) is 77.7 Å². The number of amides is 2. The Morgan fingerprint density at radius 2 is 1.52 bits per heavy atom. The van der Waals surface area contributed by atoms with E-state index in [-0.39, 0.29) is 29.1 Å². The van der Waals surface area contributed by atoms with Crippen LogP contribution in [-0.2, 0) is 26.2 Å². The summed E-state index contributed by atoms with van der Waals surface area (Å²) in [6.45, 7) is 9.35. The second kappa shape index (κ2) is 14.8. The number of hydrogen-bond donors (Lipinski definition) is 1. The Morgan fingerprint density at radius 1 is 0.905 bits per heavy atom. The summed E-state index contributed by atoms with van der Waals surface area (Å²) in [6, 6.07) is 17.4. The quantitative estimate of drug-likeness (QED) is 0.267. The minimum absolute atomic E-state index is 0.0604. The highest BCUT2D eigenvalue weighted by Crippen LogP contribution is 2.26. The molecule has 0 spiro atoms. The second-order valence-electron chi connectivity index (χ2n) is 10.1. The van der Waals surface area contributed by atoms with Gasteiger partial charge in [0, 0.05) is 12.6 Å². The second-order valence-corrected chi connectivity index (χ2v) is 12.0. The van der Waals surface area contributed by atoms with Gasteiger partial charge >= 0.3 is 0 Å². The van der Waals surface area contributed by atoms with E-state index in [1.165, 1.54) is 41.3 Å². The fraction of sp³-hybridized carbons (Fsp3) is 0.375. The molecule has 3 aromatic carbocycles. The van der Waals surface area contributed by atoms with Gasteiger partial charge in [-0.15, -0.1) is 0 Å². The molecule has 0 saturated heterocycles. The van der Waals surface area contributed by atoms with Gasteiger partial charge in [-0.2, -0.15) is 0 Å². The lowest BCUT2D eigenvalue weighted by Crippen LogP contribution is -2.53. The number of hydrogen-bond acceptors (Lipinski definition) is 5. The van der Waals surface area contributed by atoms with Crippen LogP contribution in [0.5, 0.6) is 5.75 Å². The van der Waals surface area contributed by atoms with Crippen LogP contribution in [0, 0.1) is 12.7 Å². The number of nitrogens with one attached hydrogen (secondary N) is 1. The van der Waals surface area contributed by atoms with E-state index in [9.17, 15) is 22.4 Å². The molecule has 2 amide bonds. The highest BCUT2D eigenvalue weighted by molar-refractivity contribution is 7.92. The van der Waals surface area contributed by atoms with Crippen molar-refractivity contribution < 1.29 is 27.1 Å². The highest BCUT2D eigenvalue weighted by Gasteiger charge is 2.34. The van der Waals surface area contributed by atoms with Crippen molar-refractivity contribution in [1.82, 2.24) is 10.2 Å². The van der Waals surface area contributed by atoms with Crippen LogP contribution in [0.2, 0.25) is 0 Å². The van der Waals surface area contributed by atoms with Crippen LogP contribution in [-0.4, -0.2) is 50.4 Å². The van der Waals surface area contributed by atoms with Gasteiger partial charge in [-0.3, -0.25) is 13.9 Å². The minimum atomic E-state index is -4.27. The summed E-state index contributed by atoms with van der Waals surface area (Å²) in [7, 11) is -4.27. The molecule has 8 nitrogen and oxygen atoms in total. The summed E-state index contributed by atoms with van der Waals surface area (Å²) in [5.74, 6) is -0.920. The first-order valence-electron chi connectivity index (χ1n) is 14.2. The molecule has 2 atom stereocenters. The monoisotopic (exact) mass is 597 g/mol. The smallest absolute Gasteiger partial charge is 0.264 e. The first kappa shape index (κ1) is 32.6. The minimum Gasteiger partial charge on any atom is -0.494 e. The van der Waals surface area contributed by atoms with Crippen molar-refractivity contribution in [2.45, 2.75) is 71.0 Å². The third-order valence-corrected chi connectivity index (χ3v) is 8.76. The van der Waals surface area contributed by atoms with Crippen LogP contribution < -0.4 is 14.4 Å². The van der Waals surface area contributed by atoms with E-state index in [1.807, 2.05) is 58.9 Å². The number of ether oxygens (including phenoxy) is 1. The summed E-state index contributed by atoms with van der Waals surface area (Å²) in [4.78, 5) is 28.8. The fourth-order valence-corrected chi connectivity index (χ4v) is 5.80. The first-order valence-corrected chi connectivity index (χ1v) is 15.6. The van der Waals surface area contributed by atoms with Gasteiger partial charge in [-0.25, -0.2) is 12.8 Å². The SMILES string of the molecule is CCOc1ccc(S(=O)(=O)N(CC(=O)N(Cc2ccc(C)cc2)[C@H](CC)C(=O)N[C@H](C)CC)c2ccc(F)cc2)cc1. The number of rotatable bonds is 14. The predicted molar refractivity (Wildman–Crippen MR) is 162 cm³/mol. The zero-order chi connectivity index (χ0) is 30.9. The lowest BCUT2D eigenvalue weighted by Gasteiger charge is -2.33. The molecule has 0 aliphatic heterocycles. The molecular weight excluding hydrogens is 557 g/mol. The average molecular weight is 598 g/mol. The van der Waals surface area contributed by atoms with E-state index >= 15 is 0 Å². The fourth-order valence-electron chi connectivity index (χ4n) is 4.39. The van der Waals surface area contributed by atoms with Crippen LogP contribution in [0.3, 0.4) is 0 Å². The molecule has 226 valence electrons. The summed E-state index contributed by atoms with van der Waals surface area (Å²) >= 11 is 0.